The zero-order valence-electron chi connectivity index (χ0n) is 16.9. The first kappa shape index (κ1) is 24.1. The molecule has 4 nitrogen and oxygen atoms in total. The molecule has 1 unspecified atom stereocenters. The predicted octanol–water partition coefficient (Wildman–Crippen LogP) is 6.50. The Labute approximate surface area is 151 Å². The van der Waals surface area contributed by atoms with E-state index in [2.05, 4.69) is 33.0 Å². The van der Waals surface area contributed by atoms with Gasteiger partial charge in [0.05, 0.1) is 13.2 Å². The fraction of sp³-hybridized carbons (Fsp3) is 1.00. The highest BCUT2D eigenvalue weighted by molar-refractivity contribution is 7.55. The molecule has 146 valence electrons. The molecule has 0 aromatic carbocycles. The van der Waals surface area contributed by atoms with Gasteiger partial charge in [-0.15, -0.1) is 0 Å². The molecule has 0 aliphatic heterocycles. The highest BCUT2D eigenvalue weighted by Crippen LogP contribution is 2.60. The van der Waals surface area contributed by atoms with Crippen molar-refractivity contribution in [2.24, 2.45) is 0 Å². The largest absolute Gasteiger partial charge is 0.350 e. The van der Waals surface area contributed by atoms with Gasteiger partial charge in [-0.3, -0.25) is 4.57 Å². The molecule has 0 aliphatic carbocycles. The highest BCUT2D eigenvalue weighted by atomic mass is 31.2. The molecular weight excluding hydrogens is 321 g/mol. The standard InChI is InChI=1S/C19H42NO3P/c1-6-10-14-16-20-19(5,15-11-7-2)24(21,22-17-12-8-3)23-18-13-9-4/h20H,6-18H2,1-5H3. The van der Waals surface area contributed by atoms with Gasteiger partial charge in [-0.1, -0.05) is 66.2 Å². The van der Waals surface area contributed by atoms with E-state index in [1.54, 1.807) is 0 Å². The lowest BCUT2D eigenvalue weighted by Gasteiger charge is -2.37. The van der Waals surface area contributed by atoms with Gasteiger partial charge < -0.3 is 14.4 Å². The fourth-order valence-electron chi connectivity index (χ4n) is 2.56. The van der Waals surface area contributed by atoms with Gasteiger partial charge >= 0.3 is 7.60 Å². The van der Waals surface area contributed by atoms with Gasteiger partial charge in [0.25, 0.3) is 0 Å². The molecule has 0 aromatic rings. The van der Waals surface area contributed by atoms with E-state index in [4.69, 9.17) is 9.05 Å². The number of rotatable bonds is 17. The molecule has 0 aliphatic rings. The van der Waals surface area contributed by atoms with Crippen molar-refractivity contribution < 1.29 is 13.6 Å². The molecule has 1 N–H and O–H groups in total. The Bertz CT molecular complexity index is 325. The van der Waals surface area contributed by atoms with E-state index in [0.29, 0.717) is 13.2 Å². The van der Waals surface area contributed by atoms with Crippen LogP contribution in [0.3, 0.4) is 0 Å². The van der Waals surface area contributed by atoms with Crippen molar-refractivity contribution in [3.8, 4) is 0 Å². The Morgan fingerprint density at radius 2 is 1.29 bits per heavy atom. The smallest absolute Gasteiger partial charge is 0.307 e. The summed E-state index contributed by atoms with van der Waals surface area (Å²) in [6.45, 7) is 12.5. The summed E-state index contributed by atoms with van der Waals surface area (Å²) in [6, 6.07) is 0. The first-order valence-corrected chi connectivity index (χ1v) is 11.7. The van der Waals surface area contributed by atoms with Crippen LogP contribution in [0, 0.1) is 0 Å². The average molecular weight is 364 g/mol. The monoisotopic (exact) mass is 363 g/mol. The number of hydrogen-bond acceptors (Lipinski definition) is 4. The van der Waals surface area contributed by atoms with Gasteiger partial charge in [0.15, 0.2) is 0 Å². The maximum atomic E-state index is 13.6. The van der Waals surface area contributed by atoms with Crippen molar-refractivity contribution >= 4 is 7.60 Å². The van der Waals surface area contributed by atoms with E-state index in [0.717, 1.165) is 57.9 Å². The molecule has 0 rings (SSSR count). The summed E-state index contributed by atoms with van der Waals surface area (Å²) in [5, 5.41) is 2.96. The topological polar surface area (TPSA) is 47.6 Å². The summed E-state index contributed by atoms with van der Waals surface area (Å²) in [6.07, 6.45) is 10.3. The summed E-state index contributed by atoms with van der Waals surface area (Å²) in [4.78, 5) is 0. The number of nitrogens with one attached hydrogen (secondary N) is 1. The molecule has 0 radical (unpaired) electrons. The van der Waals surface area contributed by atoms with E-state index >= 15 is 0 Å². The minimum atomic E-state index is -3.19. The maximum absolute atomic E-state index is 13.6. The van der Waals surface area contributed by atoms with E-state index in [1.165, 1.54) is 12.8 Å². The molecule has 0 bridgehead atoms. The highest BCUT2D eigenvalue weighted by Gasteiger charge is 2.46. The number of hydrogen-bond donors (Lipinski definition) is 1. The van der Waals surface area contributed by atoms with Crippen LogP contribution in [0.5, 0.6) is 0 Å². The van der Waals surface area contributed by atoms with Crippen LogP contribution in [0.4, 0.5) is 0 Å². The minimum Gasteiger partial charge on any atom is -0.307 e. The fourth-order valence-corrected chi connectivity index (χ4v) is 4.68. The first-order valence-electron chi connectivity index (χ1n) is 10.1. The number of unbranched alkanes of at least 4 members (excludes halogenated alkanes) is 5. The molecule has 0 amide bonds. The predicted molar refractivity (Wildman–Crippen MR) is 105 cm³/mol. The third kappa shape index (κ3) is 8.99. The maximum Gasteiger partial charge on any atom is 0.350 e. The Hall–Kier alpha value is 0.110. The van der Waals surface area contributed by atoms with Crippen LogP contribution < -0.4 is 5.32 Å². The van der Waals surface area contributed by atoms with Gasteiger partial charge in [-0.05, 0) is 39.2 Å². The summed E-state index contributed by atoms with van der Waals surface area (Å²) in [5.74, 6) is 0. The van der Waals surface area contributed by atoms with E-state index in [1.807, 2.05) is 6.92 Å². The zero-order chi connectivity index (χ0) is 18.3. The summed E-state index contributed by atoms with van der Waals surface area (Å²) >= 11 is 0. The van der Waals surface area contributed by atoms with Crippen molar-refractivity contribution in [1.29, 1.82) is 0 Å². The summed E-state index contributed by atoms with van der Waals surface area (Å²) in [5.41, 5.74) is 0. The van der Waals surface area contributed by atoms with Crippen LogP contribution >= 0.6 is 7.60 Å². The second kappa shape index (κ2) is 14.3. The van der Waals surface area contributed by atoms with Gasteiger partial charge in [0, 0.05) is 0 Å². The Balaban J connectivity index is 5.07. The molecule has 5 heteroatoms. The van der Waals surface area contributed by atoms with Crippen LogP contribution in [0.25, 0.3) is 0 Å². The van der Waals surface area contributed by atoms with Crippen LogP contribution in [-0.4, -0.2) is 25.0 Å². The van der Waals surface area contributed by atoms with Crippen LogP contribution in [0.2, 0.25) is 0 Å². The SMILES string of the molecule is CCCCCNC(C)(CCCC)P(=O)(OCCCC)OCCCC. The van der Waals surface area contributed by atoms with Gasteiger partial charge in [0.1, 0.15) is 5.28 Å². The zero-order valence-corrected chi connectivity index (χ0v) is 17.8. The molecule has 1 atom stereocenters. The van der Waals surface area contributed by atoms with Gasteiger partial charge in [-0.25, -0.2) is 0 Å². The summed E-state index contributed by atoms with van der Waals surface area (Å²) in [7, 11) is -3.19. The third-order valence-corrected chi connectivity index (χ3v) is 7.06. The first-order chi connectivity index (χ1) is 11.5. The van der Waals surface area contributed by atoms with Crippen LogP contribution in [0.1, 0.15) is 98.8 Å². The minimum absolute atomic E-state index is 0.512. The normalized spacial score (nSPS) is 14.7. The van der Waals surface area contributed by atoms with Crippen molar-refractivity contribution in [2.45, 2.75) is 104 Å². The van der Waals surface area contributed by atoms with Crippen LogP contribution in [-0.2, 0) is 13.6 Å². The molecular formula is C19H42NO3P. The lowest BCUT2D eigenvalue weighted by molar-refractivity contribution is 0.169. The Morgan fingerprint density at radius 1 is 0.792 bits per heavy atom. The van der Waals surface area contributed by atoms with Crippen molar-refractivity contribution in [1.82, 2.24) is 5.32 Å². The molecule has 0 saturated carbocycles. The lowest BCUT2D eigenvalue weighted by Crippen LogP contribution is -2.44. The van der Waals surface area contributed by atoms with Crippen molar-refractivity contribution in [2.75, 3.05) is 19.8 Å². The molecule has 0 saturated heterocycles. The second-order valence-corrected chi connectivity index (χ2v) is 9.38. The van der Waals surface area contributed by atoms with Crippen LogP contribution in [0.15, 0.2) is 0 Å². The van der Waals surface area contributed by atoms with Crippen molar-refractivity contribution in [3.05, 3.63) is 0 Å². The molecule has 24 heavy (non-hydrogen) atoms. The molecule has 0 spiro atoms. The average Bonchev–Trinajstić information content (AvgIpc) is 2.57. The molecule has 0 heterocycles. The van der Waals surface area contributed by atoms with Crippen molar-refractivity contribution in [3.63, 3.8) is 0 Å². The Morgan fingerprint density at radius 3 is 1.75 bits per heavy atom. The third-order valence-electron chi connectivity index (χ3n) is 4.43. The second-order valence-electron chi connectivity index (χ2n) is 6.88. The summed E-state index contributed by atoms with van der Waals surface area (Å²) < 4.78 is 25.5. The molecule has 0 aromatic heterocycles. The quantitative estimate of drug-likeness (QED) is 0.237. The lowest BCUT2D eigenvalue weighted by atomic mass is 10.1. The van der Waals surface area contributed by atoms with E-state index < -0.39 is 12.9 Å². The Kier molecular flexibility index (Phi) is 14.4. The van der Waals surface area contributed by atoms with E-state index in [-0.39, 0.29) is 0 Å². The van der Waals surface area contributed by atoms with Gasteiger partial charge in [-0.2, -0.15) is 0 Å². The molecule has 0 fully saturated rings. The van der Waals surface area contributed by atoms with Gasteiger partial charge in [0.2, 0.25) is 0 Å². The van der Waals surface area contributed by atoms with E-state index in [9.17, 15) is 4.57 Å².